The minimum absolute atomic E-state index is 0.0422. The monoisotopic (exact) mass is 265 g/mol. The molecule has 3 nitrogen and oxygen atoms in total. The summed E-state index contributed by atoms with van der Waals surface area (Å²) < 4.78 is 10.6. The number of hydrogen-bond acceptors (Lipinski definition) is 3. The summed E-state index contributed by atoms with van der Waals surface area (Å²) in [6, 6.07) is 5.95. The first-order valence-corrected chi connectivity index (χ1v) is 7.14. The summed E-state index contributed by atoms with van der Waals surface area (Å²) >= 11 is 0. The highest BCUT2D eigenvalue weighted by molar-refractivity contribution is 5.39. The Bertz CT molecular complexity index is 357. The summed E-state index contributed by atoms with van der Waals surface area (Å²) in [5.41, 5.74) is 7.52. The number of methoxy groups -OCH3 is 2. The Labute approximate surface area is 117 Å². The van der Waals surface area contributed by atoms with Gasteiger partial charge >= 0.3 is 0 Å². The quantitative estimate of drug-likeness (QED) is 0.774. The first kappa shape index (κ1) is 15.8. The van der Waals surface area contributed by atoms with Gasteiger partial charge in [0.1, 0.15) is 11.5 Å². The molecule has 0 saturated carbocycles. The molecule has 0 fully saturated rings. The van der Waals surface area contributed by atoms with E-state index >= 15 is 0 Å². The highest BCUT2D eigenvalue weighted by Gasteiger charge is 2.18. The number of hydrogen-bond donors (Lipinski definition) is 1. The predicted octanol–water partition coefficient (Wildman–Crippen LogP) is 3.92. The van der Waals surface area contributed by atoms with Gasteiger partial charge in [-0.25, -0.2) is 0 Å². The van der Waals surface area contributed by atoms with Crippen molar-refractivity contribution in [1.82, 2.24) is 0 Å². The third-order valence-electron chi connectivity index (χ3n) is 3.72. The van der Waals surface area contributed by atoms with E-state index in [1.54, 1.807) is 14.2 Å². The van der Waals surface area contributed by atoms with Crippen molar-refractivity contribution in [1.29, 1.82) is 0 Å². The van der Waals surface area contributed by atoms with E-state index in [2.05, 4.69) is 13.8 Å². The Morgan fingerprint density at radius 2 is 1.63 bits per heavy atom. The largest absolute Gasteiger partial charge is 0.497 e. The maximum atomic E-state index is 6.43. The fourth-order valence-electron chi connectivity index (χ4n) is 2.40. The Morgan fingerprint density at radius 3 is 2.05 bits per heavy atom. The Hall–Kier alpha value is -1.22. The van der Waals surface area contributed by atoms with E-state index in [4.69, 9.17) is 15.2 Å². The predicted molar refractivity (Wildman–Crippen MR) is 79.8 cm³/mol. The average Bonchev–Trinajstić information content (AvgIpc) is 2.47. The van der Waals surface area contributed by atoms with Gasteiger partial charge in [-0.05, 0) is 30.0 Å². The lowest BCUT2D eigenvalue weighted by molar-refractivity contribution is 0.368. The van der Waals surface area contributed by atoms with E-state index in [1.165, 1.54) is 19.3 Å². The van der Waals surface area contributed by atoms with Gasteiger partial charge in [0.25, 0.3) is 0 Å². The molecule has 0 saturated heterocycles. The average molecular weight is 265 g/mol. The lowest BCUT2D eigenvalue weighted by Crippen LogP contribution is -2.21. The Balaban J connectivity index is 2.92. The number of ether oxygens (including phenoxy) is 2. The van der Waals surface area contributed by atoms with E-state index in [9.17, 15) is 0 Å². The molecule has 0 bridgehead atoms. The fourth-order valence-corrected chi connectivity index (χ4v) is 2.40. The van der Waals surface area contributed by atoms with Crippen LogP contribution in [0.5, 0.6) is 11.5 Å². The maximum absolute atomic E-state index is 6.43. The number of rotatable bonds is 8. The van der Waals surface area contributed by atoms with Gasteiger partial charge in [0.2, 0.25) is 0 Å². The molecular formula is C16H27NO2. The topological polar surface area (TPSA) is 44.5 Å². The van der Waals surface area contributed by atoms with Crippen molar-refractivity contribution < 1.29 is 9.47 Å². The van der Waals surface area contributed by atoms with Crippen molar-refractivity contribution in [3.05, 3.63) is 23.8 Å². The van der Waals surface area contributed by atoms with Crippen molar-refractivity contribution in [3.63, 3.8) is 0 Å². The van der Waals surface area contributed by atoms with E-state index in [-0.39, 0.29) is 6.04 Å². The second-order valence-corrected chi connectivity index (χ2v) is 4.98. The molecule has 1 aromatic carbocycles. The normalized spacial score (nSPS) is 13.9. The van der Waals surface area contributed by atoms with E-state index < -0.39 is 0 Å². The highest BCUT2D eigenvalue weighted by Crippen LogP contribution is 2.32. The van der Waals surface area contributed by atoms with Gasteiger partial charge in [0, 0.05) is 12.1 Å². The molecule has 2 N–H and O–H groups in total. The number of nitrogens with two attached hydrogens (primary N) is 1. The zero-order chi connectivity index (χ0) is 14.3. The maximum Gasteiger partial charge on any atom is 0.122 e. The van der Waals surface area contributed by atoms with Crippen LogP contribution in [0.3, 0.4) is 0 Å². The molecule has 0 heterocycles. The van der Waals surface area contributed by atoms with Crippen molar-refractivity contribution in [3.8, 4) is 11.5 Å². The fraction of sp³-hybridized carbons (Fsp3) is 0.625. The van der Waals surface area contributed by atoms with Crippen LogP contribution in [-0.2, 0) is 0 Å². The molecule has 0 amide bonds. The standard InChI is InChI=1S/C16H27NO2/c1-5-7-8-12(6-2)16(17)13-9-14(18-3)11-15(10-13)19-4/h9-12,16H,5-8,17H2,1-4H3. The van der Waals surface area contributed by atoms with Gasteiger partial charge in [-0.15, -0.1) is 0 Å². The summed E-state index contributed by atoms with van der Waals surface area (Å²) in [4.78, 5) is 0. The number of benzene rings is 1. The van der Waals surface area contributed by atoms with Gasteiger partial charge in [-0.2, -0.15) is 0 Å². The minimum atomic E-state index is 0.0422. The molecule has 2 atom stereocenters. The van der Waals surface area contributed by atoms with Crippen LogP contribution in [0.25, 0.3) is 0 Å². The van der Waals surface area contributed by atoms with E-state index in [0.717, 1.165) is 23.5 Å². The van der Waals surface area contributed by atoms with Gasteiger partial charge in [-0.3, -0.25) is 0 Å². The Morgan fingerprint density at radius 1 is 1.05 bits per heavy atom. The van der Waals surface area contributed by atoms with Gasteiger partial charge < -0.3 is 15.2 Å². The van der Waals surface area contributed by atoms with Crippen LogP contribution in [0.1, 0.15) is 51.1 Å². The number of unbranched alkanes of at least 4 members (excludes halogenated alkanes) is 1. The minimum Gasteiger partial charge on any atom is -0.497 e. The zero-order valence-corrected chi connectivity index (χ0v) is 12.6. The third-order valence-corrected chi connectivity index (χ3v) is 3.72. The molecule has 3 heteroatoms. The Kier molecular flexibility index (Phi) is 6.71. The molecular weight excluding hydrogens is 238 g/mol. The molecule has 0 aliphatic rings. The zero-order valence-electron chi connectivity index (χ0n) is 12.6. The first-order valence-electron chi connectivity index (χ1n) is 7.14. The van der Waals surface area contributed by atoms with Crippen molar-refractivity contribution in [2.24, 2.45) is 11.7 Å². The summed E-state index contributed by atoms with van der Waals surface area (Å²) in [5, 5.41) is 0. The summed E-state index contributed by atoms with van der Waals surface area (Å²) in [6.07, 6.45) is 4.71. The van der Waals surface area contributed by atoms with E-state index in [1.807, 2.05) is 18.2 Å². The molecule has 2 unspecified atom stereocenters. The highest BCUT2D eigenvalue weighted by atomic mass is 16.5. The lowest BCUT2D eigenvalue weighted by Gasteiger charge is -2.23. The smallest absolute Gasteiger partial charge is 0.122 e. The van der Waals surface area contributed by atoms with Crippen LogP contribution in [0.15, 0.2) is 18.2 Å². The molecule has 0 aliphatic heterocycles. The van der Waals surface area contributed by atoms with E-state index in [0.29, 0.717) is 5.92 Å². The van der Waals surface area contributed by atoms with Crippen molar-refractivity contribution >= 4 is 0 Å². The lowest BCUT2D eigenvalue weighted by atomic mass is 9.87. The van der Waals surface area contributed by atoms with Gasteiger partial charge in [0.05, 0.1) is 14.2 Å². The molecule has 1 rings (SSSR count). The molecule has 0 aromatic heterocycles. The molecule has 0 radical (unpaired) electrons. The van der Waals surface area contributed by atoms with Crippen LogP contribution < -0.4 is 15.2 Å². The van der Waals surface area contributed by atoms with Crippen molar-refractivity contribution in [2.45, 2.75) is 45.6 Å². The summed E-state index contributed by atoms with van der Waals surface area (Å²) in [5.74, 6) is 2.11. The van der Waals surface area contributed by atoms with Crippen LogP contribution in [0.2, 0.25) is 0 Å². The van der Waals surface area contributed by atoms with Crippen LogP contribution in [-0.4, -0.2) is 14.2 Å². The van der Waals surface area contributed by atoms with Gasteiger partial charge in [0.15, 0.2) is 0 Å². The third kappa shape index (κ3) is 4.43. The van der Waals surface area contributed by atoms with Gasteiger partial charge in [-0.1, -0.05) is 33.1 Å². The second-order valence-electron chi connectivity index (χ2n) is 4.98. The van der Waals surface area contributed by atoms with Crippen LogP contribution in [0, 0.1) is 5.92 Å². The first-order chi connectivity index (χ1) is 9.15. The molecule has 0 spiro atoms. The van der Waals surface area contributed by atoms with Crippen molar-refractivity contribution in [2.75, 3.05) is 14.2 Å². The second kappa shape index (κ2) is 8.05. The molecule has 1 aromatic rings. The van der Waals surface area contributed by atoms with Crippen LogP contribution in [0.4, 0.5) is 0 Å². The summed E-state index contributed by atoms with van der Waals surface area (Å²) in [6.45, 7) is 4.42. The molecule has 19 heavy (non-hydrogen) atoms. The van der Waals surface area contributed by atoms with Crippen LogP contribution >= 0.6 is 0 Å². The summed E-state index contributed by atoms with van der Waals surface area (Å²) in [7, 11) is 3.33. The SMILES string of the molecule is CCCCC(CC)C(N)c1cc(OC)cc(OC)c1. The molecule has 108 valence electrons. The molecule has 0 aliphatic carbocycles.